The van der Waals surface area contributed by atoms with Crippen LogP contribution in [0.3, 0.4) is 0 Å². The Labute approximate surface area is 137 Å². The topological polar surface area (TPSA) is 9.72 Å². The van der Waals surface area contributed by atoms with E-state index in [4.69, 9.17) is 0 Å². The monoisotopic (exact) mass is 305 g/mol. The number of hydrogen-bond donors (Lipinski definition) is 0. The van der Waals surface area contributed by atoms with Crippen LogP contribution in [0.2, 0.25) is 0 Å². The summed E-state index contributed by atoms with van der Waals surface area (Å²) in [5.74, 6) is 0. The molecule has 0 aromatic heterocycles. The van der Waals surface area contributed by atoms with Crippen molar-refractivity contribution in [3.05, 3.63) is 29.8 Å². The number of likely N-dealkylation sites (N-methyl/N-ethyl adjacent to an activating group) is 2. The van der Waals surface area contributed by atoms with Crippen molar-refractivity contribution in [3.63, 3.8) is 0 Å². The minimum Gasteiger partial charge on any atom is -0.377 e. The average molecular weight is 306 g/mol. The van der Waals surface area contributed by atoms with E-state index in [1.807, 2.05) is 0 Å². The smallest absolute Gasteiger partial charge is 0.0422 e. The summed E-state index contributed by atoms with van der Waals surface area (Å²) in [5.41, 5.74) is 2.89. The summed E-state index contributed by atoms with van der Waals surface area (Å²) in [4.78, 5) is 7.07. The molecule has 3 heteroatoms. The Morgan fingerprint density at radius 1 is 0.773 bits per heavy atom. The van der Waals surface area contributed by atoms with Crippen LogP contribution in [0.1, 0.15) is 40.2 Å². The van der Waals surface area contributed by atoms with E-state index in [9.17, 15) is 0 Å². The third kappa shape index (κ3) is 4.47. The van der Waals surface area contributed by atoms with Crippen molar-refractivity contribution in [1.82, 2.24) is 9.80 Å². The van der Waals surface area contributed by atoms with Crippen molar-refractivity contribution in [3.8, 4) is 0 Å². The molecule has 1 aromatic carbocycles. The van der Waals surface area contributed by atoms with E-state index < -0.39 is 0 Å². The fraction of sp³-hybridized carbons (Fsp3) is 0.684. The van der Waals surface area contributed by atoms with E-state index in [1.54, 1.807) is 0 Å². The molecule has 126 valence electrons. The maximum atomic E-state index is 2.46. The fourth-order valence-corrected chi connectivity index (χ4v) is 2.50. The molecular formula is C19H35N3. The maximum absolute atomic E-state index is 2.46. The number of para-hydroxylation sites is 1. The quantitative estimate of drug-likeness (QED) is 0.794. The van der Waals surface area contributed by atoms with Crippen LogP contribution in [-0.2, 0) is 5.54 Å². The molecule has 0 heterocycles. The first-order chi connectivity index (χ1) is 9.98. The lowest BCUT2D eigenvalue weighted by Gasteiger charge is -2.40. The standard InChI is InChI=1S/C19H35N3/c1-18(2,3)21(8)14-15-22(9)19(4,5)16-12-10-11-13-17(16)20(6)7/h10-13H,14-15H2,1-9H3. The van der Waals surface area contributed by atoms with E-state index in [1.165, 1.54) is 11.3 Å². The van der Waals surface area contributed by atoms with E-state index in [0.717, 1.165) is 13.1 Å². The zero-order chi connectivity index (χ0) is 17.1. The van der Waals surface area contributed by atoms with Crippen LogP contribution in [-0.4, -0.2) is 56.6 Å². The van der Waals surface area contributed by atoms with Gasteiger partial charge in [-0.25, -0.2) is 0 Å². The predicted octanol–water partition coefficient (Wildman–Crippen LogP) is 3.65. The Bertz CT molecular complexity index is 472. The van der Waals surface area contributed by atoms with Gasteiger partial charge in [0.1, 0.15) is 0 Å². The molecule has 0 fully saturated rings. The summed E-state index contributed by atoms with van der Waals surface area (Å²) in [6.45, 7) is 13.5. The normalized spacial score (nSPS) is 13.0. The van der Waals surface area contributed by atoms with E-state index >= 15 is 0 Å². The van der Waals surface area contributed by atoms with E-state index in [2.05, 4.69) is 102 Å². The van der Waals surface area contributed by atoms with E-state index in [-0.39, 0.29) is 11.1 Å². The summed E-state index contributed by atoms with van der Waals surface area (Å²) in [7, 11) is 8.65. The Kier molecular flexibility index (Phi) is 6.05. The predicted molar refractivity (Wildman–Crippen MR) is 98.8 cm³/mol. The molecule has 0 atom stereocenters. The second kappa shape index (κ2) is 7.01. The number of hydrogen-bond acceptors (Lipinski definition) is 3. The number of anilines is 1. The Balaban J connectivity index is 2.90. The maximum Gasteiger partial charge on any atom is 0.0422 e. The summed E-state index contributed by atoms with van der Waals surface area (Å²) < 4.78 is 0. The summed E-state index contributed by atoms with van der Waals surface area (Å²) in [5, 5.41) is 0. The highest BCUT2D eigenvalue weighted by molar-refractivity contribution is 5.55. The van der Waals surface area contributed by atoms with Crippen molar-refractivity contribution in [1.29, 1.82) is 0 Å². The Morgan fingerprint density at radius 2 is 1.27 bits per heavy atom. The zero-order valence-electron chi connectivity index (χ0n) is 16.1. The molecule has 0 spiro atoms. The summed E-state index contributed by atoms with van der Waals surface area (Å²) in [6, 6.07) is 8.70. The van der Waals surface area contributed by atoms with Gasteiger partial charge in [0.15, 0.2) is 0 Å². The molecular weight excluding hydrogens is 270 g/mol. The van der Waals surface area contributed by atoms with Gasteiger partial charge in [0.2, 0.25) is 0 Å². The minimum atomic E-state index is -0.000409. The molecule has 0 aliphatic rings. The minimum absolute atomic E-state index is 0.000409. The first-order valence-electron chi connectivity index (χ1n) is 8.17. The molecule has 0 N–H and O–H groups in total. The molecule has 0 aliphatic carbocycles. The second-order valence-corrected chi connectivity index (χ2v) is 7.98. The molecule has 1 rings (SSSR count). The summed E-state index contributed by atoms with van der Waals surface area (Å²) >= 11 is 0. The van der Waals surface area contributed by atoms with Crippen molar-refractivity contribution in [2.24, 2.45) is 0 Å². The molecule has 0 radical (unpaired) electrons. The van der Waals surface area contributed by atoms with Gasteiger partial charge in [-0.15, -0.1) is 0 Å². The van der Waals surface area contributed by atoms with Crippen molar-refractivity contribution < 1.29 is 0 Å². The average Bonchev–Trinajstić information content (AvgIpc) is 2.43. The highest BCUT2D eigenvalue weighted by Gasteiger charge is 2.29. The van der Waals surface area contributed by atoms with Crippen LogP contribution >= 0.6 is 0 Å². The molecule has 0 aliphatic heterocycles. The van der Waals surface area contributed by atoms with Gasteiger partial charge in [-0.05, 0) is 60.3 Å². The molecule has 1 aromatic rings. The number of benzene rings is 1. The van der Waals surface area contributed by atoms with Crippen molar-refractivity contribution in [2.45, 2.75) is 45.7 Å². The summed E-state index contributed by atoms with van der Waals surface area (Å²) in [6.07, 6.45) is 0. The largest absolute Gasteiger partial charge is 0.377 e. The highest BCUT2D eigenvalue weighted by Crippen LogP contribution is 2.33. The number of rotatable bonds is 6. The molecule has 0 bridgehead atoms. The third-order valence-electron chi connectivity index (χ3n) is 4.92. The van der Waals surface area contributed by atoms with Gasteiger partial charge in [0.05, 0.1) is 0 Å². The van der Waals surface area contributed by atoms with Gasteiger partial charge in [-0.2, -0.15) is 0 Å². The van der Waals surface area contributed by atoms with Gasteiger partial charge < -0.3 is 9.80 Å². The first kappa shape index (κ1) is 19.0. The van der Waals surface area contributed by atoms with E-state index in [0.29, 0.717) is 0 Å². The van der Waals surface area contributed by atoms with Crippen LogP contribution in [0.25, 0.3) is 0 Å². The molecule has 22 heavy (non-hydrogen) atoms. The van der Waals surface area contributed by atoms with Crippen LogP contribution in [0.5, 0.6) is 0 Å². The zero-order valence-corrected chi connectivity index (χ0v) is 16.1. The SMILES string of the molecule is CN(C)c1ccccc1C(C)(C)N(C)CCN(C)C(C)(C)C. The lowest BCUT2D eigenvalue weighted by Crippen LogP contribution is -2.46. The third-order valence-corrected chi connectivity index (χ3v) is 4.92. The molecule has 0 unspecified atom stereocenters. The lowest BCUT2D eigenvalue weighted by molar-refractivity contribution is 0.106. The molecule has 0 saturated heterocycles. The van der Waals surface area contributed by atoms with Gasteiger partial charge in [0.25, 0.3) is 0 Å². The number of nitrogens with zero attached hydrogens (tertiary/aromatic N) is 3. The van der Waals surface area contributed by atoms with Crippen LogP contribution < -0.4 is 4.90 Å². The Morgan fingerprint density at radius 3 is 1.77 bits per heavy atom. The first-order valence-corrected chi connectivity index (χ1v) is 8.17. The Hall–Kier alpha value is -1.06. The van der Waals surface area contributed by atoms with Crippen LogP contribution in [0, 0.1) is 0 Å². The van der Waals surface area contributed by atoms with Gasteiger partial charge in [-0.3, -0.25) is 4.90 Å². The van der Waals surface area contributed by atoms with Crippen molar-refractivity contribution in [2.75, 3.05) is 46.2 Å². The van der Waals surface area contributed by atoms with Crippen LogP contribution in [0.4, 0.5) is 5.69 Å². The van der Waals surface area contributed by atoms with Gasteiger partial charge in [0, 0.05) is 44.0 Å². The van der Waals surface area contributed by atoms with Gasteiger partial charge in [-0.1, -0.05) is 18.2 Å². The van der Waals surface area contributed by atoms with Crippen LogP contribution in [0.15, 0.2) is 24.3 Å². The lowest BCUT2D eigenvalue weighted by atomic mass is 9.90. The molecule has 0 amide bonds. The molecule has 0 saturated carbocycles. The second-order valence-electron chi connectivity index (χ2n) is 7.98. The fourth-order valence-electron chi connectivity index (χ4n) is 2.50. The molecule has 3 nitrogen and oxygen atoms in total. The highest BCUT2D eigenvalue weighted by atomic mass is 15.2. The van der Waals surface area contributed by atoms with Gasteiger partial charge >= 0.3 is 0 Å². The van der Waals surface area contributed by atoms with Crippen molar-refractivity contribution >= 4 is 5.69 Å².